The molecule has 6 nitrogen and oxygen atoms in total. The van der Waals surface area contributed by atoms with Gasteiger partial charge in [-0.3, -0.25) is 14.4 Å². The fraction of sp³-hybridized carbons (Fsp3) is 0.318. The zero-order valence-electron chi connectivity index (χ0n) is 16.2. The van der Waals surface area contributed by atoms with E-state index in [2.05, 4.69) is 10.6 Å². The van der Waals surface area contributed by atoms with Crippen LogP contribution >= 0.6 is 0 Å². The summed E-state index contributed by atoms with van der Waals surface area (Å²) in [4.78, 5) is 35.3. The fourth-order valence-corrected chi connectivity index (χ4v) is 2.97. The Hall–Kier alpha value is -3.15. The average Bonchev–Trinajstić information content (AvgIpc) is 2.69. The summed E-state index contributed by atoms with van der Waals surface area (Å²) in [7, 11) is 1.57. The number of rotatable bonds is 9. The Labute approximate surface area is 165 Å². The van der Waals surface area contributed by atoms with Crippen LogP contribution in [0.5, 0.6) is 0 Å². The second-order valence-corrected chi connectivity index (χ2v) is 6.81. The van der Waals surface area contributed by atoms with E-state index in [9.17, 15) is 19.5 Å². The molecule has 2 rings (SSSR count). The number of carbonyl (C=O) groups excluding carboxylic acids is 2. The van der Waals surface area contributed by atoms with Gasteiger partial charge in [0.1, 0.15) is 0 Å². The van der Waals surface area contributed by atoms with E-state index in [1.807, 2.05) is 37.3 Å². The lowest BCUT2D eigenvalue weighted by molar-refractivity contribution is -0.141. The van der Waals surface area contributed by atoms with Crippen LogP contribution in [0.4, 0.5) is 0 Å². The fourth-order valence-electron chi connectivity index (χ4n) is 2.97. The van der Waals surface area contributed by atoms with Crippen LogP contribution in [0.2, 0.25) is 0 Å². The molecule has 0 radical (unpaired) electrons. The SMILES string of the molecule is CNC(=O)c1cccc(CCC(=O)NCC(Cc2cccc(C)c2)C(=O)O)c1. The molecular formula is C22H26N2O4. The van der Waals surface area contributed by atoms with Crippen molar-refractivity contribution in [3.8, 4) is 0 Å². The van der Waals surface area contributed by atoms with E-state index < -0.39 is 11.9 Å². The summed E-state index contributed by atoms with van der Waals surface area (Å²) in [6.45, 7) is 2.04. The number of aliphatic carboxylic acids is 1. The number of benzene rings is 2. The summed E-state index contributed by atoms with van der Waals surface area (Å²) in [5, 5.41) is 14.7. The topological polar surface area (TPSA) is 95.5 Å². The molecule has 0 fully saturated rings. The summed E-state index contributed by atoms with van der Waals surface area (Å²) in [5.74, 6) is -1.99. The van der Waals surface area contributed by atoms with Gasteiger partial charge in [-0.25, -0.2) is 0 Å². The third-order valence-corrected chi connectivity index (χ3v) is 4.52. The Kier molecular flexibility index (Phi) is 7.75. The van der Waals surface area contributed by atoms with E-state index in [1.165, 1.54) is 0 Å². The standard InChI is InChI=1S/C22H26N2O4/c1-15-5-3-7-17(11-15)13-19(22(27)28)14-24-20(25)10-9-16-6-4-8-18(12-16)21(26)23-2/h3-8,11-12,19H,9-10,13-14H2,1-2H3,(H,23,26)(H,24,25)(H,27,28). The third-order valence-electron chi connectivity index (χ3n) is 4.52. The van der Waals surface area contributed by atoms with Crippen molar-refractivity contribution in [2.45, 2.75) is 26.2 Å². The number of amides is 2. The second-order valence-electron chi connectivity index (χ2n) is 6.81. The van der Waals surface area contributed by atoms with Crippen molar-refractivity contribution in [3.05, 3.63) is 70.8 Å². The number of carbonyl (C=O) groups is 3. The highest BCUT2D eigenvalue weighted by atomic mass is 16.4. The van der Waals surface area contributed by atoms with Crippen molar-refractivity contribution in [3.63, 3.8) is 0 Å². The maximum atomic E-state index is 12.1. The highest BCUT2D eigenvalue weighted by Gasteiger charge is 2.19. The van der Waals surface area contributed by atoms with Gasteiger partial charge in [-0.1, -0.05) is 42.0 Å². The lowest BCUT2D eigenvalue weighted by Gasteiger charge is -2.14. The number of hydrogen-bond donors (Lipinski definition) is 3. The number of aryl methyl sites for hydroxylation is 2. The molecule has 0 aliphatic rings. The maximum Gasteiger partial charge on any atom is 0.308 e. The molecule has 2 aromatic rings. The predicted octanol–water partition coefficient (Wildman–Crippen LogP) is 2.35. The smallest absolute Gasteiger partial charge is 0.308 e. The molecule has 2 aromatic carbocycles. The van der Waals surface area contributed by atoms with E-state index >= 15 is 0 Å². The normalized spacial score (nSPS) is 11.5. The minimum Gasteiger partial charge on any atom is -0.481 e. The minimum absolute atomic E-state index is 0.0837. The summed E-state index contributed by atoms with van der Waals surface area (Å²) in [6, 6.07) is 14.8. The lowest BCUT2D eigenvalue weighted by atomic mass is 9.98. The molecule has 1 atom stereocenters. The zero-order chi connectivity index (χ0) is 20.5. The van der Waals surface area contributed by atoms with Crippen molar-refractivity contribution in [2.75, 3.05) is 13.6 Å². The van der Waals surface area contributed by atoms with Gasteiger partial charge < -0.3 is 15.7 Å². The number of nitrogens with one attached hydrogen (secondary N) is 2. The third kappa shape index (κ3) is 6.54. The van der Waals surface area contributed by atoms with Crippen LogP contribution in [-0.2, 0) is 22.4 Å². The molecule has 2 amide bonds. The van der Waals surface area contributed by atoms with Gasteiger partial charge >= 0.3 is 5.97 Å². The molecule has 1 unspecified atom stereocenters. The monoisotopic (exact) mass is 382 g/mol. The Morgan fingerprint density at radius 2 is 1.75 bits per heavy atom. The highest BCUT2D eigenvalue weighted by Crippen LogP contribution is 2.12. The first kappa shape index (κ1) is 21.2. The molecule has 0 saturated carbocycles. The first-order chi connectivity index (χ1) is 13.4. The van der Waals surface area contributed by atoms with Crippen LogP contribution in [0, 0.1) is 12.8 Å². The summed E-state index contributed by atoms with van der Waals surface area (Å²) < 4.78 is 0. The Balaban J connectivity index is 1.86. The summed E-state index contributed by atoms with van der Waals surface area (Å²) in [6.07, 6.45) is 1.08. The van der Waals surface area contributed by atoms with Gasteiger partial charge in [-0.15, -0.1) is 0 Å². The first-order valence-corrected chi connectivity index (χ1v) is 9.25. The van der Waals surface area contributed by atoms with Crippen molar-refractivity contribution in [2.24, 2.45) is 5.92 Å². The van der Waals surface area contributed by atoms with Crippen LogP contribution in [0.25, 0.3) is 0 Å². The maximum absolute atomic E-state index is 12.1. The van der Waals surface area contributed by atoms with Crippen molar-refractivity contribution < 1.29 is 19.5 Å². The van der Waals surface area contributed by atoms with E-state index in [0.717, 1.165) is 16.7 Å². The molecule has 28 heavy (non-hydrogen) atoms. The number of carboxylic acids is 1. The van der Waals surface area contributed by atoms with E-state index in [-0.39, 0.29) is 24.8 Å². The molecule has 0 spiro atoms. The van der Waals surface area contributed by atoms with E-state index in [0.29, 0.717) is 18.4 Å². The molecule has 0 aromatic heterocycles. The molecule has 3 N–H and O–H groups in total. The van der Waals surface area contributed by atoms with Crippen LogP contribution in [0.15, 0.2) is 48.5 Å². The van der Waals surface area contributed by atoms with Gasteiger partial charge in [-0.2, -0.15) is 0 Å². The van der Waals surface area contributed by atoms with Gasteiger partial charge in [0, 0.05) is 25.6 Å². The van der Waals surface area contributed by atoms with Crippen LogP contribution in [0.3, 0.4) is 0 Å². The highest BCUT2D eigenvalue weighted by molar-refractivity contribution is 5.94. The molecule has 148 valence electrons. The predicted molar refractivity (Wildman–Crippen MR) is 107 cm³/mol. The molecular weight excluding hydrogens is 356 g/mol. The Morgan fingerprint density at radius 1 is 1.04 bits per heavy atom. The average molecular weight is 382 g/mol. The molecule has 0 aliphatic carbocycles. The number of hydrogen-bond acceptors (Lipinski definition) is 3. The van der Waals surface area contributed by atoms with Crippen LogP contribution in [0.1, 0.15) is 33.5 Å². The van der Waals surface area contributed by atoms with Crippen molar-refractivity contribution in [1.29, 1.82) is 0 Å². The van der Waals surface area contributed by atoms with Gasteiger partial charge in [0.05, 0.1) is 5.92 Å². The zero-order valence-corrected chi connectivity index (χ0v) is 16.2. The van der Waals surface area contributed by atoms with Crippen LogP contribution in [-0.4, -0.2) is 36.5 Å². The Bertz CT molecular complexity index is 848. The van der Waals surface area contributed by atoms with Gasteiger partial charge in [0.2, 0.25) is 5.91 Å². The van der Waals surface area contributed by atoms with Crippen LogP contribution < -0.4 is 10.6 Å². The lowest BCUT2D eigenvalue weighted by Crippen LogP contribution is -2.34. The summed E-state index contributed by atoms with van der Waals surface area (Å²) >= 11 is 0. The quantitative estimate of drug-likeness (QED) is 0.620. The van der Waals surface area contributed by atoms with E-state index in [1.54, 1.807) is 25.2 Å². The van der Waals surface area contributed by atoms with Crippen molar-refractivity contribution in [1.82, 2.24) is 10.6 Å². The van der Waals surface area contributed by atoms with Gasteiger partial charge in [0.15, 0.2) is 0 Å². The molecule has 6 heteroatoms. The second kappa shape index (κ2) is 10.3. The van der Waals surface area contributed by atoms with Gasteiger partial charge in [0.25, 0.3) is 5.91 Å². The van der Waals surface area contributed by atoms with E-state index in [4.69, 9.17) is 0 Å². The largest absolute Gasteiger partial charge is 0.481 e. The number of carboxylic acid groups (broad SMARTS) is 1. The van der Waals surface area contributed by atoms with Gasteiger partial charge in [-0.05, 0) is 43.0 Å². The molecule has 0 aliphatic heterocycles. The molecule has 0 saturated heterocycles. The minimum atomic E-state index is -0.930. The Morgan fingerprint density at radius 3 is 2.43 bits per heavy atom. The first-order valence-electron chi connectivity index (χ1n) is 9.25. The summed E-state index contributed by atoms with van der Waals surface area (Å²) in [5.41, 5.74) is 3.44. The molecule has 0 bridgehead atoms. The molecule has 0 heterocycles. The van der Waals surface area contributed by atoms with Crippen molar-refractivity contribution >= 4 is 17.8 Å².